The lowest BCUT2D eigenvalue weighted by atomic mass is 9.85. The second kappa shape index (κ2) is 8.85. The van der Waals surface area contributed by atoms with E-state index in [9.17, 15) is 5.11 Å². The fraction of sp³-hybridized carbons (Fsp3) is 0.857. The normalized spacial score (nSPS) is 24.2. The van der Waals surface area contributed by atoms with Crippen LogP contribution in [0.3, 0.4) is 0 Å². The number of aromatic amines is 1. The van der Waals surface area contributed by atoms with Crippen molar-refractivity contribution in [3.63, 3.8) is 0 Å². The molecule has 0 aromatic carbocycles. The van der Waals surface area contributed by atoms with Gasteiger partial charge in [-0.3, -0.25) is 14.9 Å². The molecule has 0 spiro atoms. The quantitative estimate of drug-likeness (QED) is 0.815. The SMILES string of the molecule is CC(C)(C)CN1CCN(Cc2cn[nH]c2C2CCCCC2)C[C@H]1CCO. The Labute approximate surface area is 159 Å². The average molecular weight is 363 g/mol. The van der Waals surface area contributed by atoms with E-state index in [1.807, 2.05) is 6.20 Å². The third-order valence-corrected chi connectivity index (χ3v) is 5.99. The number of aromatic nitrogens is 2. The van der Waals surface area contributed by atoms with Crippen molar-refractivity contribution in [2.45, 2.75) is 77.8 Å². The number of nitrogens with zero attached hydrogens (tertiary/aromatic N) is 3. The van der Waals surface area contributed by atoms with Crippen LogP contribution in [0.1, 0.15) is 76.5 Å². The number of hydrogen-bond donors (Lipinski definition) is 2. The first-order chi connectivity index (χ1) is 12.5. The maximum atomic E-state index is 9.53. The van der Waals surface area contributed by atoms with Crippen molar-refractivity contribution in [1.82, 2.24) is 20.0 Å². The molecule has 0 radical (unpaired) electrons. The predicted octanol–water partition coefficient (Wildman–Crippen LogP) is 3.37. The monoisotopic (exact) mass is 362 g/mol. The van der Waals surface area contributed by atoms with E-state index in [-0.39, 0.29) is 6.61 Å². The Morgan fingerprint density at radius 3 is 2.65 bits per heavy atom. The summed E-state index contributed by atoms with van der Waals surface area (Å²) in [6, 6.07) is 0.456. The van der Waals surface area contributed by atoms with E-state index in [0.717, 1.165) is 39.1 Å². The molecule has 3 rings (SSSR count). The van der Waals surface area contributed by atoms with Crippen LogP contribution in [0, 0.1) is 5.41 Å². The summed E-state index contributed by atoms with van der Waals surface area (Å²) in [4.78, 5) is 5.15. The molecule has 148 valence electrons. The molecule has 1 saturated carbocycles. The van der Waals surface area contributed by atoms with Crippen LogP contribution in [0.15, 0.2) is 6.20 Å². The van der Waals surface area contributed by atoms with Crippen LogP contribution < -0.4 is 0 Å². The molecule has 1 aliphatic heterocycles. The van der Waals surface area contributed by atoms with Gasteiger partial charge >= 0.3 is 0 Å². The number of nitrogens with one attached hydrogen (secondary N) is 1. The van der Waals surface area contributed by atoms with Gasteiger partial charge in [0.1, 0.15) is 0 Å². The molecule has 2 fully saturated rings. The lowest BCUT2D eigenvalue weighted by molar-refractivity contribution is 0.0338. The van der Waals surface area contributed by atoms with E-state index < -0.39 is 0 Å². The van der Waals surface area contributed by atoms with Crippen molar-refractivity contribution in [2.24, 2.45) is 5.41 Å². The van der Waals surface area contributed by atoms with Crippen LogP contribution in [-0.2, 0) is 6.54 Å². The third-order valence-electron chi connectivity index (χ3n) is 5.99. The van der Waals surface area contributed by atoms with Crippen molar-refractivity contribution in [3.8, 4) is 0 Å². The topological polar surface area (TPSA) is 55.4 Å². The summed E-state index contributed by atoms with van der Waals surface area (Å²) < 4.78 is 0. The zero-order chi connectivity index (χ0) is 18.6. The van der Waals surface area contributed by atoms with Gasteiger partial charge in [0.25, 0.3) is 0 Å². The van der Waals surface area contributed by atoms with Gasteiger partial charge < -0.3 is 5.11 Å². The number of aliphatic hydroxyl groups is 1. The molecule has 0 amide bonds. The van der Waals surface area contributed by atoms with Crippen LogP contribution in [0.25, 0.3) is 0 Å². The second-order valence-electron chi connectivity index (χ2n) is 9.58. The van der Waals surface area contributed by atoms with Gasteiger partial charge in [-0.15, -0.1) is 0 Å². The van der Waals surface area contributed by atoms with Crippen LogP contribution in [0.5, 0.6) is 0 Å². The molecule has 1 atom stereocenters. The van der Waals surface area contributed by atoms with E-state index in [0.29, 0.717) is 17.4 Å². The highest BCUT2D eigenvalue weighted by Gasteiger charge is 2.30. The van der Waals surface area contributed by atoms with Gasteiger partial charge in [0.05, 0.1) is 6.20 Å². The van der Waals surface area contributed by atoms with E-state index in [1.165, 1.54) is 43.4 Å². The highest BCUT2D eigenvalue weighted by molar-refractivity contribution is 5.21. The first-order valence-corrected chi connectivity index (χ1v) is 10.6. The molecule has 1 aromatic rings. The third kappa shape index (κ3) is 5.30. The van der Waals surface area contributed by atoms with Gasteiger partial charge in [0.2, 0.25) is 0 Å². The molecule has 2 heterocycles. The Morgan fingerprint density at radius 2 is 1.96 bits per heavy atom. The number of hydrogen-bond acceptors (Lipinski definition) is 4. The van der Waals surface area contributed by atoms with Gasteiger partial charge in [-0.05, 0) is 24.7 Å². The predicted molar refractivity (Wildman–Crippen MR) is 106 cm³/mol. The van der Waals surface area contributed by atoms with Crippen LogP contribution in [0.2, 0.25) is 0 Å². The van der Waals surface area contributed by atoms with Crippen molar-refractivity contribution >= 4 is 0 Å². The van der Waals surface area contributed by atoms with Crippen molar-refractivity contribution in [1.29, 1.82) is 0 Å². The summed E-state index contributed by atoms with van der Waals surface area (Å²) in [6.45, 7) is 12.5. The summed E-state index contributed by atoms with van der Waals surface area (Å²) in [7, 11) is 0. The van der Waals surface area contributed by atoms with Crippen LogP contribution in [0.4, 0.5) is 0 Å². The van der Waals surface area contributed by atoms with Gasteiger partial charge in [-0.25, -0.2) is 0 Å². The van der Waals surface area contributed by atoms with E-state index >= 15 is 0 Å². The van der Waals surface area contributed by atoms with Crippen LogP contribution >= 0.6 is 0 Å². The van der Waals surface area contributed by atoms with E-state index in [4.69, 9.17) is 0 Å². The minimum absolute atomic E-state index is 0.276. The summed E-state index contributed by atoms with van der Waals surface area (Å²) >= 11 is 0. The van der Waals surface area contributed by atoms with E-state index in [1.54, 1.807) is 0 Å². The van der Waals surface area contributed by atoms with Gasteiger partial charge in [0, 0.05) is 62.5 Å². The molecule has 1 saturated heterocycles. The van der Waals surface area contributed by atoms with Gasteiger partial charge in [-0.1, -0.05) is 40.0 Å². The maximum Gasteiger partial charge on any atom is 0.0535 e. The summed E-state index contributed by atoms with van der Waals surface area (Å²) in [6.07, 6.45) is 9.63. The maximum absolute atomic E-state index is 9.53. The number of piperazine rings is 1. The van der Waals surface area contributed by atoms with Crippen molar-refractivity contribution in [2.75, 3.05) is 32.8 Å². The number of rotatable bonds is 6. The Balaban J connectivity index is 1.62. The first-order valence-electron chi connectivity index (χ1n) is 10.6. The highest BCUT2D eigenvalue weighted by atomic mass is 16.3. The Hall–Kier alpha value is -0.910. The molecule has 5 heteroatoms. The average Bonchev–Trinajstić information content (AvgIpc) is 3.05. The summed E-state index contributed by atoms with van der Waals surface area (Å²) in [5.74, 6) is 0.677. The molecule has 0 bridgehead atoms. The van der Waals surface area contributed by atoms with Gasteiger partial charge in [0.15, 0.2) is 0 Å². The molecule has 0 unspecified atom stereocenters. The minimum Gasteiger partial charge on any atom is -0.396 e. The zero-order valence-electron chi connectivity index (χ0n) is 17.0. The Morgan fingerprint density at radius 1 is 1.19 bits per heavy atom. The van der Waals surface area contributed by atoms with Crippen LogP contribution in [-0.4, -0.2) is 63.9 Å². The largest absolute Gasteiger partial charge is 0.396 e. The van der Waals surface area contributed by atoms with Crippen molar-refractivity contribution < 1.29 is 5.11 Å². The molecule has 5 nitrogen and oxygen atoms in total. The standard InChI is InChI=1S/C21H38N4O/c1-21(2,3)16-25-11-10-24(15-19(25)9-12-26)14-18-13-22-23-20(18)17-7-5-4-6-8-17/h13,17,19,26H,4-12,14-16H2,1-3H3,(H,22,23)/t19-/m1/s1. The molecule has 2 N–H and O–H groups in total. The molecular weight excluding hydrogens is 324 g/mol. The Kier molecular flexibility index (Phi) is 6.76. The fourth-order valence-corrected chi connectivity index (χ4v) is 4.77. The zero-order valence-corrected chi connectivity index (χ0v) is 17.0. The molecule has 1 aromatic heterocycles. The lowest BCUT2D eigenvalue weighted by Crippen LogP contribution is -2.54. The molecule has 26 heavy (non-hydrogen) atoms. The lowest BCUT2D eigenvalue weighted by Gasteiger charge is -2.44. The summed E-state index contributed by atoms with van der Waals surface area (Å²) in [5, 5.41) is 17.2. The highest BCUT2D eigenvalue weighted by Crippen LogP contribution is 2.33. The number of H-pyrrole nitrogens is 1. The molecule has 1 aliphatic carbocycles. The second-order valence-corrected chi connectivity index (χ2v) is 9.58. The number of aliphatic hydroxyl groups excluding tert-OH is 1. The summed E-state index contributed by atoms with van der Waals surface area (Å²) in [5.41, 5.74) is 3.08. The molecular formula is C21H38N4O. The Bertz CT molecular complexity index is 544. The fourth-order valence-electron chi connectivity index (χ4n) is 4.77. The van der Waals surface area contributed by atoms with Gasteiger partial charge in [-0.2, -0.15) is 5.10 Å². The van der Waals surface area contributed by atoms with E-state index in [2.05, 4.69) is 40.8 Å². The first kappa shape index (κ1) is 19.8. The smallest absolute Gasteiger partial charge is 0.0535 e. The molecule has 2 aliphatic rings. The minimum atomic E-state index is 0.276. The van der Waals surface area contributed by atoms with Crippen molar-refractivity contribution in [3.05, 3.63) is 17.5 Å².